The van der Waals surface area contributed by atoms with Gasteiger partial charge >= 0.3 is 0 Å². The minimum Gasteiger partial charge on any atom is -0.496 e. The third-order valence-corrected chi connectivity index (χ3v) is 7.16. The van der Waals surface area contributed by atoms with Gasteiger partial charge in [-0.15, -0.1) is 11.8 Å². The molecule has 0 saturated carbocycles. The fourth-order valence-corrected chi connectivity index (χ4v) is 4.36. The summed E-state index contributed by atoms with van der Waals surface area (Å²) in [7, 11) is 0.630. The van der Waals surface area contributed by atoms with Crippen LogP contribution in [0.2, 0.25) is 0 Å². The van der Waals surface area contributed by atoms with Gasteiger partial charge in [-0.1, -0.05) is 6.07 Å². The second-order valence-electron chi connectivity index (χ2n) is 6.89. The smallest absolute Gasteiger partial charge is 0.269 e. The number of hydrogen-bond donors (Lipinski definition) is 2. The molecule has 2 N–H and O–H groups in total. The van der Waals surface area contributed by atoms with Crippen molar-refractivity contribution in [2.75, 3.05) is 27.0 Å². The van der Waals surface area contributed by atoms with Gasteiger partial charge in [0.05, 0.1) is 17.8 Å². The zero-order chi connectivity index (χ0) is 23.9. The van der Waals surface area contributed by atoms with Crippen molar-refractivity contribution in [1.29, 1.82) is 0 Å². The van der Waals surface area contributed by atoms with Crippen molar-refractivity contribution >= 4 is 39.4 Å². The van der Waals surface area contributed by atoms with E-state index in [2.05, 4.69) is 10.9 Å². The Bertz CT molecular complexity index is 1120. The van der Waals surface area contributed by atoms with E-state index in [4.69, 9.17) is 4.74 Å². The number of nitrogens with zero attached hydrogens (tertiary/aromatic N) is 1. The Hall–Kier alpha value is -2.89. The maximum Gasteiger partial charge on any atom is 0.269 e. The number of benzene rings is 2. The molecular weight excluding hydrogens is 454 g/mol. The Kier molecular flexibility index (Phi) is 8.81. The van der Waals surface area contributed by atoms with Crippen molar-refractivity contribution in [3.05, 3.63) is 59.2 Å². The predicted molar refractivity (Wildman–Crippen MR) is 122 cm³/mol. The number of ketones is 1. The van der Waals surface area contributed by atoms with Crippen LogP contribution in [0.3, 0.4) is 0 Å². The molecule has 0 atom stereocenters. The highest BCUT2D eigenvalue weighted by molar-refractivity contribution is 7.99. The first kappa shape index (κ1) is 25.4. The van der Waals surface area contributed by atoms with Crippen molar-refractivity contribution < 1.29 is 27.5 Å². The molecule has 0 radical (unpaired) electrons. The lowest BCUT2D eigenvalue weighted by Crippen LogP contribution is -2.42. The Labute approximate surface area is 191 Å². The second-order valence-corrected chi connectivity index (χ2v) is 10.0. The molecule has 2 aromatic carbocycles. The van der Waals surface area contributed by atoms with E-state index in [1.54, 1.807) is 18.2 Å². The van der Waals surface area contributed by atoms with Crippen LogP contribution in [0.25, 0.3) is 0 Å². The van der Waals surface area contributed by atoms with E-state index in [0.29, 0.717) is 17.1 Å². The Morgan fingerprint density at radius 1 is 1.03 bits per heavy atom. The van der Waals surface area contributed by atoms with Gasteiger partial charge < -0.3 is 4.74 Å². The normalized spacial score (nSPS) is 11.2. The molecule has 2 aromatic rings. The summed E-state index contributed by atoms with van der Waals surface area (Å²) >= 11 is 1.28. The largest absolute Gasteiger partial charge is 0.496 e. The number of rotatable bonds is 9. The van der Waals surface area contributed by atoms with Crippen LogP contribution in [0, 0.1) is 0 Å². The van der Waals surface area contributed by atoms with Crippen LogP contribution in [0.1, 0.15) is 33.2 Å². The Morgan fingerprint density at radius 3 is 2.38 bits per heavy atom. The van der Waals surface area contributed by atoms with Crippen molar-refractivity contribution in [2.24, 2.45) is 0 Å². The maximum atomic E-state index is 12.3. The fourth-order valence-electron chi connectivity index (χ4n) is 2.61. The molecular formula is C21H25N3O6S2. The lowest BCUT2D eigenvalue weighted by Gasteiger charge is -2.12. The van der Waals surface area contributed by atoms with E-state index >= 15 is 0 Å². The van der Waals surface area contributed by atoms with Gasteiger partial charge in [-0.2, -0.15) is 0 Å². The number of carbonyl (C=O) groups is 3. The van der Waals surface area contributed by atoms with Crippen LogP contribution in [-0.4, -0.2) is 57.3 Å². The summed E-state index contributed by atoms with van der Waals surface area (Å²) in [6.45, 7) is 1.47. The Balaban J connectivity index is 1.91. The molecule has 0 saturated heterocycles. The lowest BCUT2D eigenvalue weighted by molar-refractivity contribution is -0.119. The SMILES string of the molecule is COc1ccc(C(C)=O)cc1CSCC(=O)NNC(=O)c1cccc(S(=O)(=O)N(C)C)c1. The van der Waals surface area contributed by atoms with E-state index in [9.17, 15) is 22.8 Å². The van der Waals surface area contributed by atoms with E-state index in [0.717, 1.165) is 9.87 Å². The van der Waals surface area contributed by atoms with E-state index in [1.165, 1.54) is 64.2 Å². The third-order valence-electron chi connectivity index (χ3n) is 4.37. The van der Waals surface area contributed by atoms with Gasteiger partial charge in [0, 0.05) is 36.5 Å². The highest BCUT2D eigenvalue weighted by atomic mass is 32.2. The molecule has 9 nitrogen and oxygen atoms in total. The number of ether oxygens (including phenoxy) is 1. The number of carbonyl (C=O) groups excluding carboxylic acids is 3. The monoisotopic (exact) mass is 479 g/mol. The van der Waals surface area contributed by atoms with Crippen molar-refractivity contribution in [2.45, 2.75) is 17.6 Å². The molecule has 11 heteroatoms. The van der Waals surface area contributed by atoms with Gasteiger partial charge in [-0.3, -0.25) is 25.2 Å². The number of hydrogen-bond acceptors (Lipinski definition) is 7. The minimum absolute atomic E-state index is 0.0289. The van der Waals surface area contributed by atoms with Crippen LogP contribution in [-0.2, 0) is 20.6 Å². The number of methoxy groups -OCH3 is 1. The minimum atomic E-state index is -3.69. The molecule has 0 aliphatic rings. The summed E-state index contributed by atoms with van der Waals surface area (Å²) in [6, 6.07) is 10.6. The van der Waals surface area contributed by atoms with Crippen molar-refractivity contribution in [3.8, 4) is 5.75 Å². The molecule has 0 spiro atoms. The van der Waals surface area contributed by atoms with Gasteiger partial charge in [0.25, 0.3) is 5.91 Å². The number of thioether (sulfide) groups is 1. The summed E-state index contributed by atoms with van der Waals surface area (Å²) in [5.74, 6) is -0.0681. The highest BCUT2D eigenvalue weighted by Crippen LogP contribution is 2.24. The number of hydrazine groups is 1. The van der Waals surface area contributed by atoms with Crippen LogP contribution >= 0.6 is 11.8 Å². The number of Topliss-reactive ketones (excluding diaryl/α,β-unsaturated/α-hetero) is 1. The van der Waals surface area contributed by atoms with Crippen LogP contribution in [0.5, 0.6) is 5.75 Å². The van der Waals surface area contributed by atoms with Gasteiger partial charge in [-0.05, 0) is 43.3 Å². The van der Waals surface area contributed by atoms with Crippen molar-refractivity contribution in [3.63, 3.8) is 0 Å². The van der Waals surface area contributed by atoms with Crippen LogP contribution in [0.4, 0.5) is 0 Å². The summed E-state index contributed by atoms with van der Waals surface area (Å²) < 4.78 is 30.7. The predicted octanol–water partition coefficient (Wildman–Crippen LogP) is 1.84. The third kappa shape index (κ3) is 6.55. The quantitative estimate of drug-likeness (QED) is 0.416. The van der Waals surface area contributed by atoms with Gasteiger partial charge in [-0.25, -0.2) is 12.7 Å². The number of amides is 2. The summed E-state index contributed by atoms with van der Waals surface area (Å²) in [4.78, 5) is 35.9. The molecule has 0 heterocycles. The maximum absolute atomic E-state index is 12.3. The molecule has 0 fully saturated rings. The molecule has 0 bridgehead atoms. The van der Waals surface area contributed by atoms with Gasteiger partial charge in [0.15, 0.2) is 5.78 Å². The molecule has 0 aromatic heterocycles. The zero-order valence-electron chi connectivity index (χ0n) is 18.2. The summed E-state index contributed by atoms with van der Waals surface area (Å²) in [5.41, 5.74) is 5.99. The zero-order valence-corrected chi connectivity index (χ0v) is 19.8. The Morgan fingerprint density at radius 2 is 1.75 bits per heavy atom. The lowest BCUT2D eigenvalue weighted by atomic mass is 10.1. The summed E-state index contributed by atoms with van der Waals surface area (Å²) in [6.07, 6.45) is 0. The standard InChI is InChI=1S/C21H25N3O6S2/c1-14(25)15-8-9-19(30-4)17(10-15)12-31-13-20(26)22-23-21(27)16-6-5-7-18(11-16)32(28,29)24(2)3/h5-11H,12-13H2,1-4H3,(H,22,26)(H,23,27). The molecule has 0 aliphatic carbocycles. The first-order chi connectivity index (χ1) is 15.1. The first-order valence-electron chi connectivity index (χ1n) is 9.43. The van der Waals surface area contributed by atoms with Crippen molar-refractivity contribution in [1.82, 2.24) is 15.2 Å². The second kappa shape index (κ2) is 11.1. The van der Waals surface area contributed by atoms with Crippen LogP contribution < -0.4 is 15.6 Å². The molecule has 2 rings (SSSR count). The molecule has 0 unspecified atom stereocenters. The fraction of sp³-hybridized carbons (Fsp3) is 0.286. The number of nitrogens with one attached hydrogen (secondary N) is 2. The molecule has 0 aliphatic heterocycles. The number of sulfonamides is 1. The molecule has 2 amide bonds. The van der Waals surface area contributed by atoms with Crippen LogP contribution in [0.15, 0.2) is 47.4 Å². The summed E-state index contributed by atoms with van der Waals surface area (Å²) in [5, 5.41) is 0. The highest BCUT2D eigenvalue weighted by Gasteiger charge is 2.19. The average Bonchev–Trinajstić information content (AvgIpc) is 2.77. The first-order valence-corrected chi connectivity index (χ1v) is 12.0. The van der Waals surface area contributed by atoms with Gasteiger partial charge in [0.1, 0.15) is 5.75 Å². The average molecular weight is 480 g/mol. The van der Waals surface area contributed by atoms with E-state index < -0.39 is 21.8 Å². The molecule has 32 heavy (non-hydrogen) atoms. The van der Waals surface area contributed by atoms with E-state index in [-0.39, 0.29) is 22.0 Å². The van der Waals surface area contributed by atoms with Gasteiger partial charge in [0.2, 0.25) is 15.9 Å². The topological polar surface area (TPSA) is 122 Å². The molecule has 172 valence electrons. The van der Waals surface area contributed by atoms with E-state index in [1.807, 2.05) is 0 Å².